The second-order valence-corrected chi connectivity index (χ2v) is 11.5. The predicted molar refractivity (Wildman–Crippen MR) is 149 cm³/mol. The molecule has 220 valence electrons. The predicted octanol–water partition coefficient (Wildman–Crippen LogP) is 5.28. The van der Waals surface area contributed by atoms with Crippen LogP contribution in [-0.2, 0) is 28.5 Å². The molecule has 0 spiro atoms. The number of hydrogen-bond donors (Lipinski definition) is 0. The van der Waals surface area contributed by atoms with Gasteiger partial charge in [-0.25, -0.2) is 9.59 Å². The van der Waals surface area contributed by atoms with Crippen molar-refractivity contribution in [2.75, 3.05) is 25.9 Å². The highest BCUT2D eigenvalue weighted by Gasteiger charge is 2.43. The number of ether oxygens (including phenoxy) is 6. The van der Waals surface area contributed by atoms with Gasteiger partial charge in [-0.1, -0.05) is 25.2 Å². The number of amides is 1. The highest BCUT2D eigenvalue weighted by atomic mass is 16.8. The lowest BCUT2D eigenvalue weighted by Crippen LogP contribution is -2.34. The number of carbonyl (C=O) groups excluding carboxylic acids is 3. The Labute approximate surface area is 236 Å². The average molecular weight is 560 g/mol. The number of anilines is 1. The lowest BCUT2D eigenvalue weighted by atomic mass is 9.99. The Balaban J connectivity index is 2.12. The summed E-state index contributed by atoms with van der Waals surface area (Å²) in [5.41, 5.74) is 0.338. The Morgan fingerprint density at radius 1 is 1.12 bits per heavy atom. The molecule has 0 N–H and O–H groups in total. The van der Waals surface area contributed by atoms with E-state index in [2.05, 4.69) is 0 Å². The molecule has 3 rings (SSSR count). The van der Waals surface area contributed by atoms with Crippen LogP contribution < -0.4 is 9.64 Å². The number of benzene rings is 1. The number of rotatable bonds is 4. The molecule has 10 nitrogen and oxygen atoms in total. The summed E-state index contributed by atoms with van der Waals surface area (Å²) in [7, 11) is 3.03. The Kier molecular flexibility index (Phi) is 9.81. The summed E-state index contributed by atoms with van der Waals surface area (Å²) in [6, 6.07) is 3.24. The molecule has 40 heavy (non-hydrogen) atoms. The largest absolute Gasteiger partial charge is 0.467 e. The molecule has 1 saturated heterocycles. The van der Waals surface area contributed by atoms with Crippen LogP contribution in [0.3, 0.4) is 0 Å². The number of methoxy groups -OCH3 is 1. The molecule has 0 bridgehead atoms. The summed E-state index contributed by atoms with van der Waals surface area (Å²) in [6.45, 7) is 12.3. The second-order valence-electron chi connectivity index (χ2n) is 11.5. The van der Waals surface area contributed by atoms with Crippen LogP contribution in [0.5, 0.6) is 5.75 Å². The number of nitrogens with zero attached hydrogens (tertiary/aromatic N) is 1. The summed E-state index contributed by atoms with van der Waals surface area (Å²) < 4.78 is 34.2. The van der Waals surface area contributed by atoms with Crippen LogP contribution in [0, 0.1) is 5.92 Å². The van der Waals surface area contributed by atoms with E-state index in [0.717, 1.165) is 0 Å². The normalized spacial score (nSPS) is 26.5. The Morgan fingerprint density at radius 3 is 2.48 bits per heavy atom. The minimum absolute atomic E-state index is 0.135. The molecule has 0 saturated carbocycles. The van der Waals surface area contributed by atoms with Gasteiger partial charge in [-0.3, -0.25) is 9.69 Å². The first-order valence-electron chi connectivity index (χ1n) is 13.3. The zero-order valence-electron chi connectivity index (χ0n) is 24.8. The molecule has 4 atom stereocenters. The molecule has 0 radical (unpaired) electrons. The van der Waals surface area contributed by atoms with Crippen molar-refractivity contribution in [1.82, 2.24) is 0 Å². The molecule has 2 heterocycles. The van der Waals surface area contributed by atoms with Gasteiger partial charge in [0.25, 0.3) is 0 Å². The zero-order chi connectivity index (χ0) is 29.8. The SMILES string of the molecule is COCOc1cc(N(C)C(=O)OC(C)(C)C)cc2c1C(=O)OC(C)C(C)/C=C\C(=O)C1OC(C)(C)OC1C/C=C/2. The molecule has 1 amide bonds. The van der Waals surface area contributed by atoms with Crippen molar-refractivity contribution in [3.63, 3.8) is 0 Å². The molecule has 1 aromatic carbocycles. The van der Waals surface area contributed by atoms with Gasteiger partial charge in [0.05, 0.1) is 11.8 Å². The van der Waals surface area contributed by atoms with Crippen LogP contribution in [0.1, 0.15) is 70.8 Å². The van der Waals surface area contributed by atoms with E-state index < -0.39 is 41.8 Å². The lowest BCUT2D eigenvalue weighted by molar-refractivity contribution is -0.152. The minimum Gasteiger partial charge on any atom is -0.467 e. The van der Waals surface area contributed by atoms with E-state index >= 15 is 0 Å². The number of fused-ring (bicyclic) bond motifs is 2. The highest BCUT2D eigenvalue weighted by Crippen LogP contribution is 2.35. The third-order valence-electron chi connectivity index (χ3n) is 6.44. The smallest absolute Gasteiger partial charge is 0.414 e. The molecule has 2 aliphatic rings. The quantitative estimate of drug-likeness (QED) is 0.359. The number of hydrogen-bond acceptors (Lipinski definition) is 9. The summed E-state index contributed by atoms with van der Waals surface area (Å²) >= 11 is 0. The molecule has 1 fully saturated rings. The van der Waals surface area contributed by atoms with Crippen molar-refractivity contribution in [3.8, 4) is 5.75 Å². The monoisotopic (exact) mass is 559 g/mol. The van der Waals surface area contributed by atoms with E-state index in [0.29, 0.717) is 17.7 Å². The number of carbonyl (C=O) groups is 3. The fraction of sp³-hybridized carbons (Fsp3) is 0.567. The van der Waals surface area contributed by atoms with E-state index in [4.69, 9.17) is 28.4 Å². The van der Waals surface area contributed by atoms with Crippen LogP contribution in [0.15, 0.2) is 30.4 Å². The van der Waals surface area contributed by atoms with Gasteiger partial charge in [0.1, 0.15) is 29.1 Å². The fourth-order valence-corrected chi connectivity index (χ4v) is 4.25. The van der Waals surface area contributed by atoms with Gasteiger partial charge in [0.15, 0.2) is 18.4 Å². The van der Waals surface area contributed by atoms with Gasteiger partial charge in [-0.2, -0.15) is 0 Å². The van der Waals surface area contributed by atoms with Gasteiger partial charge in [-0.15, -0.1) is 0 Å². The average Bonchev–Trinajstić information content (AvgIpc) is 3.17. The number of cyclic esters (lactones) is 1. The lowest BCUT2D eigenvalue weighted by Gasteiger charge is -2.26. The first kappa shape index (κ1) is 31.3. The summed E-state index contributed by atoms with van der Waals surface area (Å²) in [5.74, 6) is -1.86. The molecule has 4 unspecified atom stereocenters. The Morgan fingerprint density at radius 2 is 1.82 bits per heavy atom. The molecular formula is C30H41NO9. The molecule has 0 aromatic heterocycles. The molecule has 1 aromatic rings. The number of ketones is 1. The van der Waals surface area contributed by atoms with Crippen molar-refractivity contribution in [3.05, 3.63) is 41.5 Å². The molecule has 0 aliphatic carbocycles. The van der Waals surface area contributed by atoms with E-state index in [9.17, 15) is 14.4 Å². The van der Waals surface area contributed by atoms with Crippen LogP contribution in [0.4, 0.5) is 10.5 Å². The third kappa shape index (κ3) is 7.93. The standard InChI is InChI=1S/C30H41NO9/c1-18-13-14-22(32)26-23(38-30(6,7)39-26)12-10-11-20-15-21(31(8)28(34)40-29(3,4)5)16-24(36-17-35-9)25(20)27(33)37-19(18)2/h10-11,13-16,18-19,23,26H,12,17H2,1-9H3/b11-10+,14-13-. The Bertz CT molecular complexity index is 1160. The van der Waals surface area contributed by atoms with Crippen LogP contribution >= 0.6 is 0 Å². The van der Waals surface area contributed by atoms with Gasteiger partial charge in [-0.05, 0) is 65.7 Å². The summed E-state index contributed by atoms with van der Waals surface area (Å²) in [6.07, 6.45) is 4.54. The minimum atomic E-state index is -0.930. The van der Waals surface area contributed by atoms with E-state index in [1.165, 1.54) is 18.1 Å². The first-order valence-corrected chi connectivity index (χ1v) is 13.3. The fourth-order valence-electron chi connectivity index (χ4n) is 4.25. The van der Waals surface area contributed by atoms with Crippen LogP contribution in [0.2, 0.25) is 0 Å². The Hall–Kier alpha value is -3.21. The zero-order valence-corrected chi connectivity index (χ0v) is 24.8. The summed E-state index contributed by atoms with van der Waals surface area (Å²) in [5, 5.41) is 0. The first-order chi connectivity index (χ1) is 18.6. The van der Waals surface area contributed by atoms with Crippen molar-refractivity contribution >= 4 is 29.6 Å². The maximum absolute atomic E-state index is 13.5. The maximum Gasteiger partial charge on any atom is 0.414 e. The highest BCUT2D eigenvalue weighted by molar-refractivity contribution is 5.99. The van der Waals surface area contributed by atoms with Crippen molar-refractivity contribution in [2.24, 2.45) is 5.92 Å². The van der Waals surface area contributed by atoms with Crippen molar-refractivity contribution in [1.29, 1.82) is 0 Å². The van der Waals surface area contributed by atoms with E-state index in [1.807, 2.05) is 6.92 Å². The van der Waals surface area contributed by atoms with E-state index in [-0.39, 0.29) is 29.8 Å². The van der Waals surface area contributed by atoms with Gasteiger partial charge >= 0.3 is 12.1 Å². The topological polar surface area (TPSA) is 110 Å². The van der Waals surface area contributed by atoms with Crippen molar-refractivity contribution < 1.29 is 42.8 Å². The third-order valence-corrected chi connectivity index (χ3v) is 6.44. The van der Waals surface area contributed by atoms with Crippen LogP contribution in [-0.4, -0.2) is 68.5 Å². The van der Waals surface area contributed by atoms with E-state index in [1.54, 1.807) is 79.0 Å². The molecular weight excluding hydrogens is 518 g/mol. The maximum atomic E-state index is 13.5. The molecule has 2 aliphatic heterocycles. The van der Waals surface area contributed by atoms with Crippen molar-refractivity contribution in [2.45, 2.75) is 84.6 Å². The second kappa shape index (κ2) is 12.5. The summed E-state index contributed by atoms with van der Waals surface area (Å²) in [4.78, 5) is 40.7. The van der Waals surface area contributed by atoms with Gasteiger partial charge in [0.2, 0.25) is 0 Å². The van der Waals surface area contributed by atoms with Crippen LogP contribution in [0.25, 0.3) is 6.08 Å². The number of esters is 1. The van der Waals surface area contributed by atoms with Gasteiger partial charge < -0.3 is 28.4 Å². The van der Waals surface area contributed by atoms with Gasteiger partial charge in [0, 0.05) is 26.1 Å². The molecule has 10 heteroatoms.